The number of benzene rings is 1. The van der Waals surface area contributed by atoms with Gasteiger partial charge < -0.3 is 47.3 Å². The van der Waals surface area contributed by atoms with Crippen molar-refractivity contribution in [2.75, 3.05) is 57.3 Å². The molecule has 8 rings (SSSR count). The lowest BCUT2D eigenvalue weighted by Crippen LogP contribution is -2.36. The summed E-state index contributed by atoms with van der Waals surface area (Å²) < 4.78 is 79.2. The van der Waals surface area contributed by atoms with E-state index in [1.807, 2.05) is 0 Å². The minimum absolute atomic E-state index is 0.0522. The molecule has 5 aromatic rings. The normalized spacial score (nSPS) is 28.8. The zero-order valence-electron chi connectivity index (χ0n) is 35.5. The number of alkyl halides is 1. The predicted molar refractivity (Wildman–Crippen MR) is 244 cm³/mol. The lowest BCUT2D eigenvalue weighted by Gasteiger charge is -2.30. The van der Waals surface area contributed by atoms with Gasteiger partial charge in [0.1, 0.15) is 61.7 Å². The quantitative estimate of drug-likeness (QED) is 0.0806. The maximum absolute atomic E-state index is 17.2. The van der Waals surface area contributed by atoms with Gasteiger partial charge in [0.25, 0.3) is 11.5 Å². The molecule has 0 saturated carbocycles. The zero-order chi connectivity index (χ0) is 47.5. The molecule has 10 atom stereocenters. The second-order valence-corrected chi connectivity index (χ2v) is 21.8. The number of aromatic nitrogens is 7. The van der Waals surface area contributed by atoms with E-state index in [-0.39, 0.29) is 65.1 Å². The zero-order valence-corrected chi connectivity index (χ0v) is 39.7. The third-order valence-electron chi connectivity index (χ3n) is 10.3. The fraction of sp³-hybridized carbons (Fsp3) is 0.474. The van der Waals surface area contributed by atoms with Crippen LogP contribution in [0.5, 0.6) is 0 Å². The van der Waals surface area contributed by atoms with Crippen LogP contribution in [0.4, 0.5) is 16.2 Å². The Morgan fingerprint density at radius 3 is 2.33 bits per heavy atom. The van der Waals surface area contributed by atoms with Crippen LogP contribution in [0.15, 0.2) is 47.8 Å². The number of anilines is 2. The first-order valence-corrected chi connectivity index (χ1v) is 26.2. The first kappa shape index (κ1) is 48.8. The summed E-state index contributed by atoms with van der Waals surface area (Å²) in [4.78, 5) is 65.8. The number of halogens is 1. The summed E-state index contributed by atoms with van der Waals surface area (Å²) in [5.74, 6) is -1.39. The van der Waals surface area contributed by atoms with Crippen molar-refractivity contribution < 1.29 is 55.3 Å². The lowest BCUT2D eigenvalue weighted by molar-refractivity contribution is -0.118. The molecule has 3 aliphatic rings. The molecule has 29 heteroatoms. The highest BCUT2D eigenvalue weighted by Gasteiger charge is 2.55. The summed E-state index contributed by atoms with van der Waals surface area (Å²) in [6, 6.07) is 8.43. The number of amides is 2. The second kappa shape index (κ2) is 20.9. The molecule has 2 unspecified atom stereocenters. The molecule has 3 saturated heterocycles. The number of carbonyl (C=O) groups is 2. The molecule has 3 fully saturated rings. The molecule has 1 aromatic carbocycles. The Morgan fingerprint density at radius 1 is 0.970 bits per heavy atom. The molecule has 0 spiro atoms. The van der Waals surface area contributed by atoms with Gasteiger partial charge >= 0.3 is 13.4 Å². The number of imidazole rings is 1. The van der Waals surface area contributed by atoms with Crippen LogP contribution in [0, 0.1) is 19.1 Å². The van der Waals surface area contributed by atoms with E-state index >= 15 is 4.39 Å². The van der Waals surface area contributed by atoms with Crippen LogP contribution in [0.2, 0.25) is 0 Å². The van der Waals surface area contributed by atoms with Gasteiger partial charge in [-0.1, -0.05) is 32.0 Å². The van der Waals surface area contributed by atoms with Gasteiger partial charge in [-0.05, 0) is 47.3 Å². The number of nitrogens with zero attached hydrogens (tertiary/aromatic N) is 8. The van der Waals surface area contributed by atoms with Gasteiger partial charge in [-0.2, -0.15) is 4.37 Å². The monoisotopic (exact) mass is 1020 g/mol. The van der Waals surface area contributed by atoms with Gasteiger partial charge in [0.15, 0.2) is 34.9 Å². The lowest BCUT2D eigenvalue weighted by atomic mass is 10.1. The fourth-order valence-corrected chi connectivity index (χ4v) is 12.2. The molecule has 354 valence electrons. The van der Waals surface area contributed by atoms with E-state index in [1.165, 1.54) is 24.3 Å². The van der Waals surface area contributed by atoms with E-state index in [4.69, 9.17) is 78.1 Å². The number of nitrogens with one attached hydrogen (secondary N) is 3. The van der Waals surface area contributed by atoms with Crippen molar-refractivity contribution in [3.8, 4) is 0 Å². The van der Waals surface area contributed by atoms with Gasteiger partial charge in [-0.25, -0.2) is 37.5 Å². The molecule has 0 aliphatic carbocycles. The summed E-state index contributed by atoms with van der Waals surface area (Å²) in [5.41, 5.74) is -0.0449. The predicted octanol–water partition coefficient (Wildman–Crippen LogP) is 4.89. The molecule has 0 radical (unpaired) electrons. The van der Waals surface area contributed by atoms with Crippen molar-refractivity contribution in [3.05, 3.63) is 86.6 Å². The van der Waals surface area contributed by atoms with E-state index in [0.717, 1.165) is 11.5 Å². The minimum Gasteiger partial charge on any atom is -0.376 e. The molecular formula is C38H40FN11O12P2S3. The van der Waals surface area contributed by atoms with Gasteiger partial charge in [-0.3, -0.25) is 38.3 Å². The number of rotatable bonds is 13. The van der Waals surface area contributed by atoms with Crippen molar-refractivity contribution in [3.63, 3.8) is 0 Å². The molecule has 3 aliphatic heterocycles. The standard InChI is InChI=1S/C38H40FN11O12P2S3/c1-19(2)34(51)47-38-45-24-25(36(53)48-38)49-67-31(24)30-29-28(54-5)22(59-30)16-58-63(65,55-13-11-40-3)61-27-21(15-57-64(66,62-29)56-14-12-41-4)60-37(23(27)39)50-18-44-26-32(42-17-43-33(26)50)46-35(52)20-9-7-6-8-10-20/h6-10,17-19,21-23,27-30,37H,11-16H2,1-2,5H3,(H,42,43,46,52)(H2,45,47,48,51,53)/t21-,22-,23-,27-,28-,29-,30-,37-,63?,64?/m1/s1. The number of fused-ring (bicyclic) bond motifs is 5. The number of hydrogen-bond acceptors (Lipinski definition) is 20. The number of H-pyrrole nitrogens is 1. The third kappa shape index (κ3) is 10.5. The van der Waals surface area contributed by atoms with Crippen molar-refractivity contribution in [1.82, 2.24) is 33.9 Å². The SMILES string of the molecule is [C-]#[N+]CCOP1(=S)OC[C@H]2O[C@@H](n3cnc4c(NC(=O)c5ccccc5)ncnc43)[C@H](F)[C@@H]2OP(=S)(OCC[N+]#[C-])OC[C@H]2O[C@@H](c3snc4c(=O)[nH]c(NC(=O)C(C)C)nc34)[C@H](O1)[C@@H]2OC. The summed E-state index contributed by atoms with van der Waals surface area (Å²) in [6.07, 6.45) is -8.54. The van der Waals surface area contributed by atoms with Crippen LogP contribution in [0.1, 0.15) is 41.4 Å². The Kier molecular flexibility index (Phi) is 15.2. The topological polar surface area (TPSA) is 252 Å². The smallest absolute Gasteiger partial charge is 0.328 e. The van der Waals surface area contributed by atoms with E-state index in [1.54, 1.807) is 44.2 Å². The summed E-state index contributed by atoms with van der Waals surface area (Å²) in [5, 5.41) is 5.31. The number of aromatic amines is 1. The highest BCUT2D eigenvalue weighted by atomic mass is 32.5. The number of carbonyl (C=O) groups excluding carboxylic acids is 2. The van der Waals surface area contributed by atoms with Crippen LogP contribution in [-0.2, 0) is 69.8 Å². The van der Waals surface area contributed by atoms with E-state index < -0.39 is 99.0 Å². The van der Waals surface area contributed by atoms with Crippen LogP contribution in [-0.4, -0.2) is 129 Å². The molecule has 4 aromatic heterocycles. The molecular weight excluding hydrogens is 980 g/mol. The van der Waals surface area contributed by atoms with Gasteiger partial charge in [-0.15, -0.1) is 0 Å². The highest BCUT2D eigenvalue weighted by molar-refractivity contribution is 8.07. The van der Waals surface area contributed by atoms with Crippen LogP contribution in [0.25, 0.3) is 31.9 Å². The number of hydrogen-bond donors (Lipinski definition) is 3. The molecule has 67 heavy (non-hydrogen) atoms. The van der Waals surface area contributed by atoms with Gasteiger partial charge in [0, 0.05) is 18.6 Å². The summed E-state index contributed by atoms with van der Waals surface area (Å²) >= 11 is 12.8. The van der Waals surface area contributed by atoms with Crippen molar-refractivity contribution in [2.45, 2.75) is 62.9 Å². The molecule has 3 N–H and O–H groups in total. The number of methoxy groups -OCH3 is 1. The molecule has 2 amide bonds. The average molecular weight is 1020 g/mol. The average Bonchev–Trinajstić information content (AvgIpc) is 4.09. The Labute approximate surface area is 394 Å². The Hall–Kier alpha value is -4.67. The van der Waals surface area contributed by atoms with Crippen molar-refractivity contribution in [2.24, 2.45) is 5.92 Å². The van der Waals surface area contributed by atoms with E-state index in [2.05, 4.69) is 49.6 Å². The van der Waals surface area contributed by atoms with Crippen LogP contribution in [0.3, 0.4) is 0 Å². The molecule has 7 heterocycles. The fourth-order valence-electron chi connectivity index (χ4n) is 7.14. The molecule has 2 bridgehead atoms. The van der Waals surface area contributed by atoms with Crippen LogP contribution >= 0.6 is 25.0 Å². The van der Waals surface area contributed by atoms with Crippen molar-refractivity contribution in [1.29, 1.82) is 0 Å². The van der Waals surface area contributed by atoms with Gasteiger partial charge in [0.05, 0.1) is 24.4 Å². The Morgan fingerprint density at radius 2 is 1.66 bits per heavy atom. The number of ether oxygens (including phenoxy) is 3. The first-order valence-electron chi connectivity index (χ1n) is 20.3. The Balaban J connectivity index is 1.15. The minimum atomic E-state index is -4.05. The maximum Gasteiger partial charge on any atom is 0.328 e. The molecule has 23 nitrogen and oxygen atoms in total. The Bertz CT molecular complexity index is 2880. The van der Waals surface area contributed by atoms with Crippen LogP contribution < -0.4 is 16.2 Å². The second-order valence-electron chi connectivity index (χ2n) is 15.0. The van der Waals surface area contributed by atoms with Gasteiger partial charge in [0.2, 0.25) is 24.9 Å². The summed E-state index contributed by atoms with van der Waals surface area (Å²) in [6.45, 7) is 8.26. The summed E-state index contributed by atoms with van der Waals surface area (Å²) in [7, 11) is 1.38. The maximum atomic E-state index is 17.2. The largest absolute Gasteiger partial charge is 0.376 e. The third-order valence-corrected chi connectivity index (χ3v) is 15.9. The van der Waals surface area contributed by atoms with E-state index in [9.17, 15) is 14.4 Å². The van der Waals surface area contributed by atoms with E-state index in [0.29, 0.717) is 5.56 Å². The highest BCUT2D eigenvalue weighted by Crippen LogP contribution is 2.59. The van der Waals surface area contributed by atoms with Crippen molar-refractivity contribution >= 4 is 94.4 Å². The first-order chi connectivity index (χ1) is 32.2.